The van der Waals surface area contributed by atoms with Crippen LogP contribution in [0.1, 0.15) is 39.0 Å². The monoisotopic (exact) mass is 269 g/mol. The lowest BCUT2D eigenvalue weighted by atomic mass is 10.1. The highest BCUT2D eigenvalue weighted by molar-refractivity contribution is 8.14. The van der Waals surface area contributed by atoms with E-state index in [9.17, 15) is 4.79 Å². The van der Waals surface area contributed by atoms with Crippen LogP contribution < -0.4 is 5.32 Å². The summed E-state index contributed by atoms with van der Waals surface area (Å²) in [5.74, 6) is 0.290. The number of rotatable bonds is 4. The second-order valence-corrected chi connectivity index (χ2v) is 6.20. The van der Waals surface area contributed by atoms with Gasteiger partial charge < -0.3 is 10.2 Å². The van der Waals surface area contributed by atoms with Crippen LogP contribution in [0.4, 0.5) is 0 Å². The molecule has 5 heteroatoms. The average molecular weight is 269 g/mol. The zero-order chi connectivity index (χ0) is 12.8. The van der Waals surface area contributed by atoms with Crippen LogP contribution >= 0.6 is 11.8 Å². The highest BCUT2D eigenvalue weighted by atomic mass is 32.2. The van der Waals surface area contributed by atoms with Crippen molar-refractivity contribution in [3.8, 4) is 0 Å². The summed E-state index contributed by atoms with van der Waals surface area (Å²) in [5.41, 5.74) is 0. The second kappa shape index (κ2) is 7.02. The van der Waals surface area contributed by atoms with Crippen LogP contribution in [0, 0.1) is 0 Å². The summed E-state index contributed by atoms with van der Waals surface area (Å²) >= 11 is 1.81. The zero-order valence-electron chi connectivity index (χ0n) is 11.2. The number of piperidine rings is 1. The number of nitrogens with one attached hydrogen (secondary N) is 1. The Morgan fingerprint density at radius 1 is 1.44 bits per heavy atom. The topological polar surface area (TPSA) is 44.7 Å². The van der Waals surface area contributed by atoms with Crippen molar-refractivity contribution in [2.75, 3.05) is 26.2 Å². The van der Waals surface area contributed by atoms with Crippen molar-refractivity contribution in [2.24, 2.45) is 4.99 Å². The van der Waals surface area contributed by atoms with Gasteiger partial charge in [0.05, 0.1) is 6.54 Å². The Hall–Kier alpha value is -0.710. The van der Waals surface area contributed by atoms with Crippen molar-refractivity contribution in [1.82, 2.24) is 10.2 Å². The molecular formula is C13H23N3OS. The molecule has 2 heterocycles. The maximum Gasteiger partial charge on any atom is 0.224 e. The fourth-order valence-corrected chi connectivity index (χ4v) is 3.27. The molecule has 18 heavy (non-hydrogen) atoms. The lowest BCUT2D eigenvalue weighted by Gasteiger charge is -2.26. The van der Waals surface area contributed by atoms with E-state index in [1.54, 1.807) is 0 Å². The van der Waals surface area contributed by atoms with Gasteiger partial charge in [-0.25, -0.2) is 0 Å². The van der Waals surface area contributed by atoms with Gasteiger partial charge in [-0.3, -0.25) is 9.79 Å². The van der Waals surface area contributed by atoms with Crippen LogP contribution in [0.15, 0.2) is 4.99 Å². The second-order valence-electron chi connectivity index (χ2n) is 4.91. The number of likely N-dealkylation sites (tertiary alicyclic amines) is 1. The molecule has 0 aromatic carbocycles. The standard InChI is InChI=1S/C13H23N3OS/c1-2-11-10-15-13(18-11)14-7-6-12(17)16-8-4-3-5-9-16/h11H,2-10H2,1H3,(H,14,15). The number of hydrogen-bond acceptors (Lipinski definition) is 4. The summed E-state index contributed by atoms with van der Waals surface area (Å²) in [4.78, 5) is 18.4. The van der Waals surface area contributed by atoms with Gasteiger partial charge >= 0.3 is 0 Å². The molecule has 0 aromatic rings. The molecule has 0 radical (unpaired) electrons. The normalized spacial score (nSPS) is 23.9. The molecule has 1 N–H and O–H groups in total. The Morgan fingerprint density at radius 2 is 2.22 bits per heavy atom. The van der Waals surface area contributed by atoms with Gasteiger partial charge in [-0.2, -0.15) is 0 Å². The van der Waals surface area contributed by atoms with Crippen LogP contribution in [-0.2, 0) is 4.79 Å². The van der Waals surface area contributed by atoms with Gasteiger partial charge in [-0.1, -0.05) is 18.7 Å². The molecule has 2 aliphatic heterocycles. The van der Waals surface area contributed by atoms with E-state index < -0.39 is 0 Å². The van der Waals surface area contributed by atoms with Crippen LogP contribution in [-0.4, -0.2) is 47.4 Å². The van der Waals surface area contributed by atoms with Crippen LogP contribution in [0.2, 0.25) is 0 Å². The number of carbonyl (C=O) groups is 1. The summed E-state index contributed by atoms with van der Waals surface area (Å²) in [6.45, 7) is 5.73. The van der Waals surface area contributed by atoms with Gasteiger partial charge in [0.2, 0.25) is 5.91 Å². The van der Waals surface area contributed by atoms with Gasteiger partial charge in [0.15, 0.2) is 5.17 Å². The van der Waals surface area contributed by atoms with Gasteiger partial charge in [0.25, 0.3) is 0 Å². The molecule has 0 aromatic heterocycles. The fourth-order valence-electron chi connectivity index (χ4n) is 2.30. The molecule has 102 valence electrons. The number of amides is 1. The minimum absolute atomic E-state index is 0.290. The van der Waals surface area contributed by atoms with Crippen LogP contribution in [0.5, 0.6) is 0 Å². The Labute approximate surface area is 114 Å². The highest BCUT2D eigenvalue weighted by Gasteiger charge is 2.19. The first-order valence-electron chi connectivity index (χ1n) is 7.02. The summed E-state index contributed by atoms with van der Waals surface area (Å²) in [5, 5.41) is 4.93. The Bertz CT molecular complexity index is 313. The van der Waals surface area contributed by atoms with E-state index >= 15 is 0 Å². The first-order chi connectivity index (χ1) is 8.79. The van der Waals surface area contributed by atoms with Crippen molar-refractivity contribution >= 4 is 22.8 Å². The molecule has 2 aliphatic rings. The van der Waals surface area contributed by atoms with E-state index in [2.05, 4.69) is 17.2 Å². The molecule has 1 unspecified atom stereocenters. The zero-order valence-corrected chi connectivity index (χ0v) is 12.0. The van der Waals surface area contributed by atoms with Crippen LogP contribution in [0.3, 0.4) is 0 Å². The minimum atomic E-state index is 0.290. The number of nitrogens with zero attached hydrogens (tertiary/aromatic N) is 2. The van der Waals surface area contributed by atoms with Crippen molar-refractivity contribution in [2.45, 2.75) is 44.3 Å². The number of carbonyl (C=O) groups excluding carboxylic acids is 1. The van der Waals surface area contributed by atoms with Gasteiger partial charge in [0, 0.05) is 31.3 Å². The van der Waals surface area contributed by atoms with Crippen molar-refractivity contribution in [3.63, 3.8) is 0 Å². The van der Waals surface area contributed by atoms with Crippen molar-refractivity contribution in [3.05, 3.63) is 0 Å². The molecule has 1 saturated heterocycles. The number of amidine groups is 1. The molecular weight excluding hydrogens is 246 g/mol. The molecule has 4 nitrogen and oxygen atoms in total. The maximum absolute atomic E-state index is 11.9. The first-order valence-corrected chi connectivity index (χ1v) is 7.90. The summed E-state index contributed by atoms with van der Waals surface area (Å²) in [6.07, 6.45) is 5.36. The largest absolute Gasteiger partial charge is 0.364 e. The summed E-state index contributed by atoms with van der Waals surface area (Å²) in [7, 11) is 0. The number of aliphatic imine (C=N–C) groups is 1. The van der Waals surface area contributed by atoms with E-state index in [4.69, 9.17) is 0 Å². The van der Waals surface area contributed by atoms with Gasteiger partial charge in [0.1, 0.15) is 0 Å². The third-order valence-electron chi connectivity index (χ3n) is 3.50. The number of hydrogen-bond donors (Lipinski definition) is 1. The predicted molar refractivity (Wildman–Crippen MR) is 77.0 cm³/mol. The van der Waals surface area contributed by atoms with Gasteiger partial charge in [-0.05, 0) is 25.7 Å². The smallest absolute Gasteiger partial charge is 0.224 e. The van der Waals surface area contributed by atoms with Gasteiger partial charge in [-0.15, -0.1) is 0 Å². The molecule has 1 fully saturated rings. The molecule has 2 rings (SSSR count). The SMILES string of the molecule is CCC1CN=C(NCCC(=O)N2CCCCC2)S1. The van der Waals surface area contributed by atoms with E-state index in [0.29, 0.717) is 11.7 Å². The summed E-state index contributed by atoms with van der Waals surface area (Å²) < 4.78 is 0. The Kier molecular flexibility index (Phi) is 5.35. The molecule has 0 aliphatic carbocycles. The molecule has 1 amide bonds. The Balaban J connectivity index is 1.61. The van der Waals surface area contributed by atoms with E-state index in [-0.39, 0.29) is 5.91 Å². The van der Waals surface area contributed by atoms with E-state index in [1.807, 2.05) is 16.7 Å². The third-order valence-corrected chi connectivity index (χ3v) is 4.81. The quantitative estimate of drug-likeness (QED) is 0.847. The molecule has 1 atom stereocenters. The molecule has 0 bridgehead atoms. The first kappa shape index (κ1) is 13.7. The lowest BCUT2D eigenvalue weighted by molar-refractivity contribution is -0.131. The van der Waals surface area contributed by atoms with Crippen molar-refractivity contribution < 1.29 is 4.79 Å². The molecule has 0 spiro atoms. The van der Waals surface area contributed by atoms with E-state index in [0.717, 1.165) is 37.8 Å². The van der Waals surface area contributed by atoms with Crippen LogP contribution in [0.25, 0.3) is 0 Å². The molecule has 0 saturated carbocycles. The van der Waals surface area contributed by atoms with Crippen molar-refractivity contribution in [1.29, 1.82) is 0 Å². The summed E-state index contributed by atoms with van der Waals surface area (Å²) in [6, 6.07) is 0. The minimum Gasteiger partial charge on any atom is -0.364 e. The lowest BCUT2D eigenvalue weighted by Crippen LogP contribution is -2.37. The maximum atomic E-state index is 11.9. The average Bonchev–Trinajstić information content (AvgIpc) is 2.87. The Morgan fingerprint density at radius 3 is 2.89 bits per heavy atom. The highest BCUT2D eigenvalue weighted by Crippen LogP contribution is 2.21. The fraction of sp³-hybridized carbons (Fsp3) is 0.846. The number of thioether (sulfide) groups is 1. The van der Waals surface area contributed by atoms with E-state index in [1.165, 1.54) is 19.3 Å². The third kappa shape index (κ3) is 3.90. The predicted octanol–water partition coefficient (Wildman–Crippen LogP) is 1.86.